The Bertz CT molecular complexity index is 500. The fraction of sp³-hybridized carbons (Fsp3) is 0.579. The third-order valence-electron chi connectivity index (χ3n) is 4.13. The van der Waals surface area contributed by atoms with E-state index in [2.05, 4.69) is 0 Å². The predicted octanol–water partition coefficient (Wildman–Crippen LogP) is 1.86. The van der Waals surface area contributed by atoms with Gasteiger partial charge >= 0.3 is 5.97 Å². The highest BCUT2D eigenvalue weighted by Gasteiger charge is 2.33. The lowest BCUT2D eigenvalue weighted by molar-refractivity contribution is -0.174. The third kappa shape index (κ3) is 6.94. The zero-order valence-corrected chi connectivity index (χ0v) is 14.8. The Morgan fingerprint density at radius 3 is 2.36 bits per heavy atom. The molecular formula is C19H28O6. The van der Waals surface area contributed by atoms with Gasteiger partial charge in [-0.3, -0.25) is 4.79 Å². The standard InChI is InChI=1S/C19H28O6/c1-3-15(4-2)19(23)25-17(10-11-20)18(16(22)12-21)24-13-14-8-6-5-7-9-14/h5-9,11,15-18,21-22H,3-4,10,12-13H2,1-2H3/t16-,17-,18-/m1/s1. The van der Waals surface area contributed by atoms with Crippen molar-refractivity contribution in [3.8, 4) is 0 Å². The van der Waals surface area contributed by atoms with Crippen molar-refractivity contribution in [3.05, 3.63) is 35.9 Å². The molecule has 0 amide bonds. The highest BCUT2D eigenvalue weighted by atomic mass is 16.6. The number of carbonyl (C=O) groups excluding carboxylic acids is 2. The number of aliphatic hydroxyl groups is 2. The Morgan fingerprint density at radius 1 is 1.20 bits per heavy atom. The van der Waals surface area contributed by atoms with Crippen LogP contribution >= 0.6 is 0 Å². The molecule has 0 saturated carbocycles. The van der Waals surface area contributed by atoms with Gasteiger partial charge in [0.1, 0.15) is 24.6 Å². The molecule has 1 aromatic carbocycles. The van der Waals surface area contributed by atoms with Gasteiger partial charge < -0.3 is 24.5 Å². The van der Waals surface area contributed by atoms with Crippen molar-refractivity contribution >= 4 is 12.3 Å². The topological polar surface area (TPSA) is 93.1 Å². The van der Waals surface area contributed by atoms with Crippen molar-refractivity contribution < 1.29 is 29.3 Å². The van der Waals surface area contributed by atoms with Crippen LogP contribution in [0.1, 0.15) is 38.7 Å². The van der Waals surface area contributed by atoms with Crippen molar-refractivity contribution in [2.75, 3.05) is 6.61 Å². The van der Waals surface area contributed by atoms with Gasteiger partial charge in [0, 0.05) is 6.42 Å². The Kier molecular flexibility index (Phi) is 9.99. The van der Waals surface area contributed by atoms with E-state index in [-0.39, 0.29) is 18.9 Å². The molecule has 0 unspecified atom stereocenters. The van der Waals surface area contributed by atoms with E-state index >= 15 is 0 Å². The summed E-state index contributed by atoms with van der Waals surface area (Å²) in [5.41, 5.74) is 0.869. The Morgan fingerprint density at radius 2 is 1.84 bits per heavy atom. The molecule has 1 aromatic rings. The molecule has 3 atom stereocenters. The lowest BCUT2D eigenvalue weighted by Crippen LogP contribution is -2.45. The number of benzene rings is 1. The summed E-state index contributed by atoms with van der Waals surface area (Å²) >= 11 is 0. The molecule has 0 aliphatic carbocycles. The lowest BCUT2D eigenvalue weighted by atomic mass is 10.0. The number of carbonyl (C=O) groups is 2. The maximum Gasteiger partial charge on any atom is 0.309 e. The molecule has 6 heteroatoms. The normalized spacial score (nSPS) is 14.8. The van der Waals surface area contributed by atoms with Gasteiger partial charge in [-0.15, -0.1) is 0 Å². The molecule has 0 aliphatic heterocycles. The first kappa shape index (κ1) is 21.3. The Hall–Kier alpha value is -1.76. The van der Waals surface area contributed by atoms with Gasteiger partial charge in [0.15, 0.2) is 0 Å². The van der Waals surface area contributed by atoms with E-state index in [9.17, 15) is 19.8 Å². The van der Waals surface area contributed by atoms with Crippen LogP contribution in [0.15, 0.2) is 30.3 Å². The summed E-state index contributed by atoms with van der Waals surface area (Å²) in [6.45, 7) is 3.38. The maximum absolute atomic E-state index is 12.2. The number of ether oxygens (including phenoxy) is 2. The van der Waals surface area contributed by atoms with Gasteiger partial charge in [0.05, 0.1) is 19.1 Å². The molecule has 0 saturated heterocycles. The first-order valence-electron chi connectivity index (χ1n) is 8.65. The van der Waals surface area contributed by atoms with E-state index in [1.165, 1.54) is 0 Å². The van der Waals surface area contributed by atoms with E-state index in [1.54, 1.807) is 0 Å². The van der Waals surface area contributed by atoms with E-state index in [4.69, 9.17) is 9.47 Å². The minimum Gasteiger partial charge on any atom is -0.459 e. The predicted molar refractivity (Wildman–Crippen MR) is 92.7 cm³/mol. The highest BCUT2D eigenvalue weighted by Crippen LogP contribution is 2.18. The minimum atomic E-state index is -1.26. The largest absolute Gasteiger partial charge is 0.459 e. The van der Waals surface area contributed by atoms with Crippen LogP contribution in [0.2, 0.25) is 0 Å². The molecular weight excluding hydrogens is 324 g/mol. The Labute approximate surface area is 148 Å². The van der Waals surface area contributed by atoms with Gasteiger partial charge in [0.2, 0.25) is 0 Å². The molecule has 2 N–H and O–H groups in total. The summed E-state index contributed by atoms with van der Waals surface area (Å²) in [5, 5.41) is 19.4. The van der Waals surface area contributed by atoms with Gasteiger partial charge in [-0.05, 0) is 18.4 Å². The Balaban J connectivity index is 2.85. The quantitative estimate of drug-likeness (QED) is 0.441. The minimum absolute atomic E-state index is 0.109. The summed E-state index contributed by atoms with van der Waals surface area (Å²) in [6.07, 6.45) is -1.44. The average Bonchev–Trinajstić information content (AvgIpc) is 2.63. The van der Waals surface area contributed by atoms with Crippen molar-refractivity contribution in [1.82, 2.24) is 0 Å². The third-order valence-corrected chi connectivity index (χ3v) is 4.13. The fourth-order valence-corrected chi connectivity index (χ4v) is 2.55. The first-order chi connectivity index (χ1) is 12.1. The molecule has 25 heavy (non-hydrogen) atoms. The van der Waals surface area contributed by atoms with Crippen molar-refractivity contribution in [2.24, 2.45) is 5.92 Å². The van der Waals surface area contributed by atoms with Crippen LogP contribution in [0.3, 0.4) is 0 Å². The SMILES string of the molecule is CCC(CC)C(=O)O[C@H](CC=O)[C@H](OCc1ccccc1)[C@H](O)CO. The van der Waals surface area contributed by atoms with Crippen molar-refractivity contribution in [2.45, 2.75) is 58.0 Å². The molecule has 1 rings (SSSR count). The van der Waals surface area contributed by atoms with Crippen LogP contribution in [0.5, 0.6) is 0 Å². The van der Waals surface area contributed by atoms with Gasteiger partial charge in [-0.25, -0.2) is 0 Å². The van der Waals surface area contributed by atoms with E-state index in [0.29, 0.717) is 19.1 Å². The molecule has 0 fully saturated rings. The van der Waals surface area contributed by atoms with Crippen LogP contribution in [0, 0.1) is 5.92 Å². The number of aliphatic hydroxyl groups excluding tert-OH is 2. The second-order valence-electron chi connectivity index (χ2n) is 5.90. The molecule has 140 valence electrons. The van der Waals surface area contributed by atoms with E-state index in [1.807, 2.05) is 44.2 Å². The number of hydrogen-bond donors (Lipinski definition) is 2. The number of esters is 1. The van der Waals surface area contributed by atoms with Crippen LogP contribution in [-0.4, -0.2) is 47.4 Å². The molecule has 0 bridgehead atoms. The van der Waals surface area contributed by atoms with Crippen LogP contribution < -0.4 is 0 Å². The number of aldehydes is 1. The molecule has 0 aliphatic rings. The molecule has 0 aromatic heterocycles. The summed E-state index contributed by atoms with van der Waals surface area (Å²) in [4.78, 5) is 23.2. The van der Waals surface area contributed by atoms with Gasteiger partial charge in [-0.1, -0.05) is 44.2 Å². The highest BCUT2D eigenvalue weighted by molar-refractivity contribution is 5.72. The van der Waals surface area contributed by atoms with E-state index in [0.717, 1.165) is 5.56 Å². The zero-order valence-electron chi connectivity index (χ0n) is 14.8. The zero-order chi connectivity index (χ0) is 18.7. The van der Waals surface area contributed by atoms with Gasteiger partial charge in [-0.2, -0.15) is 0 Å². The molecule has 0 radical (unpaired) electrons. The molecule has 6 nitrogen and oxygen atoms in total. The second-order valence-corrected chi connectivity index (χ2v) is 5.90. The number of rotatable bonds is 12. The first-order valence-corrected chi connectivity index (χ1v) is 8.65. The lowest BCUT2D eigenvalue weighted by Gasteiger charge is -2.30. The smallest absolute Gasteiger partial charge is 0.309 e. The molecule has 0 heterocycles. The van der Waals surface area contributed by atoms with Crippen molar-refractivity contribution in [1.29, 1.82) is 0 Å². The fourth-order valence-electron chi connectivity index (χ4n) is 2.55. The maximum atomic E-state index is 12.2. The summed E-state index contributed by atoms with van der Waals surface area (Å²) in [7, 11) is 0. The average molecular weight is 352 g/mol. The van der Waals surface area contributed by atoms with Crippen LogP contribution in [0.25, 0.3) is 0 Å². The summed E-state index contributed by atoms with van der Waals surface area (Å²) in [5.74, 6) is -0.689. The van der Waals surface area contributed by atoms with Crippen LogP contribution in [-0.2, 0) is 25.7 Å². The van der Waals surface area contributed by atoms with Gasteiger partial charge in [0.25, 0.3) is 0 Å². The summed E-state index contributed by atoms with van der Waals surface area (Å²) in [6, 6.07) is 9.29. The monoisotopic (exact) mass is 352 g/mol. The summed E-state index contributed by atoms with van der Waals surface area (Å²) < 4.78 is 11.1. The number of hydrogen-bond acceptors (Lipinski definition) is 6. The van der Waals surface area contributed by atoms with E-state index < -0.39 is 30.9 Å². The second kappa shape index (κ2) is 11.7. The van der Waals surface area contributed by atoms with Crippen LogP contribution in [0.4, 0.5) is 0 Å². The molecule has 0 spiro atoms. The van der Waals surface area contributed by atoms with Crippen molar-refractivity contribution in [3.63, 3.8) is 0 Å².